The molecule has 2 aromatic rings. The zero-order valence-corrected chi connectivity index (χ0v) is 14.2. The third-order valence-electron chi connectivity index (χ3n) is 3.38. The molecule has 0 aliphatic heterocycles. The van der Waals surface area contributed by atoms with Gasteiger partial charge in [-0.25, -0.2) is 0 Å². The van der Waals surface area contributed by atoms with Gasteiger partial charge in [0.05, 0.1) is 32.0 Å². The number of carbonyl (C=O) groups is 1. The molecule has 0 aliphatic rings. The molecule has 0 fully saturated rings. The van der Waals surface area contributed by atoms with Crippen molar-refractivity contribution in [3.05, 3.63) is 46.5 Å². The highest BCUT2D eigenvalue weighted by Crippen LogP contribution is 2.36. The van der Waals surface area contributed by atoms with Gasteiger partial charge in [0.15, 0.2) is 0 Å². The number of hydrogen-bond acceptors (Lipinski definition) is 4. The van der Waals surface area contributed by atoms with Crippen molar-refractivity contribution in [2.45, 2.75) is 6.92 Å². The molecule has 1 N–H and O–H groups in total. The molecule has 0 saturated heterocycles. The maximum atomic E-state index is 12.4. The minimum Gasteiger partial charge on any atom is -0.496 e. The van der Waals surface area contributed by atoms with Crippen LogP contribution >= 0.6 is 11.6 Å². The average Bonchev–Trinajstić information content (AvgIpc) is 2.55. The minimum atomic E-state index is -0.265. The molecule has 0 aliphatic carbocycles. The first kappa shape index (κ1) is 17.0. The molecule has 2 aromatic carbocycles. The molecule has 1 amide bonds. The van der Waals surface area contributed by atoms with Crippen LogP contribution in [0.4, 0.5) is 5.69 Å². The highest BCUT2D eigenvalue weighted by atomic mass is 35.5. The molecular weight excluding hydrogens is 318 g/mol. The number of methoxy groups -OCH3 is 3. The van der Waals surface area contributed by atoms with Crippen molar-refractivity contribution in [2.75, 3.05) is 26.6 Å². The van der Waals surface area contributed by atoms with Gasteiger partial charge in [0, 0.05) is 17.7 Å². The van der Waals surface area contributed by atoms with Gasteiger partial charge in [-0.05, 0) is 30.7 Å². The van der Waals surface area contributed by atoms with E-state index in [1.807, 2.05) is 6.92 Å². The number of hydrogen-bond donors (Lipinski definition) is 1. The van der Waals surface area contributed by atoms with Crippen LogP contribution in [0.5, 0.6) is 17.2 Å². The molecule has 0 bridgehead atoms. The second kappa shape index (κ2) is 7.24. The van der Waals surface area contributed by atoms with E-state index >= 15 is 0 Å². The summed E-state index contributed by atoms with van der Waals surface area (Å²) in [7, 11) is 4.60. The van der Waals surface area contributed by atoms with E-state index in [0.717, 1.165) is 11.3 Å². The van der Waals surface area contributed by atoms with Crippen LogP contribution in [0.3, 0.4) is 0 Å². The van der Waals surface area contributed by atoms with Gasteiger partial charge in [-0.2, -0.15) is 0 Å². The number of ether oxygens (including phenoxy) is 3. The Labute approximate surface area is 140 Å². The van der Waals surface area contributed by atoms with Crippen molar-refractivity contribution in [1.29, 1.82) is 0 Å². The van der Waals surface area contributed by atoms with Crippen LogP contribution in [0.15, 0.2) is 30.3 Å². The summed E-state index contributed by atoms with van der Waals surface area (Å²) >= 11 is 6.06. The molecule has 0 spiro atoms. The molecule has 2 rings (SSSR count). The maximum Gasteiger partial charge on any atom is 0.255 e. The number of nitrogens with one attached hydrogen (secondary N) is 1. The standard InChI is InChI=1S/C17H18ClNO4/c1-10-7-11(5-6-14(10)21-2)17(20)19-13-9-15(22-3)12(18)8-16(13)23-4/h5-9H,1-4H3,(H,19,20). The van der Waals surface area contributed by atoms with Crippen LogP contribution in [0, 0.1) is 6.92 Å². The fourth-order valence-electron chi connectivity index (χ4n) is 2.17. The van der Waals surface area contributed by atoms with Gasteiger partial charge >= 0.3 is 0 Å². The first-order chi connectivity index (χ1) is 11.0. The van der Waals surface area contributed by atoms with Gasteiger partial charge in [0.25, 0.3) is 5.91 Å². The van der Waals surface area contributed by atoms with E-state index in [4.69, 9.17) is 25.8 Å². The minimum absolute atomic E-state index is 0.265. The number of halogens is 1. The van der Waals surface area contributed by atoms with Crippen LogP contribution in [-0.4, -0.2) is 27.2 Å². The Bertz CT molecular complexity index is 731. The second-order valence-corrected chi connectivity index (χ2v) is 5.23. The SMILES string of the molecule is COc1ccc(C(=O)Nc2cc(OC)c(Cl)cc2OC)cc1C. The van der Waals surface area contributed by atoms with Gasteiger partial charge in [-0.15, -0.1) is 0 Å². The van der Waals surface area contributed by atoms with Crippen LogP contribution in [0.25, 0.3) is 0 Å². The van der Waals surface area contributed by atoms with Crippen molar-refractivity contribution < 1.29 is 19.0 Å². The van der Waals surface area contributed by atoms with Crippen LogP contribution < -0.4 is 19.5 Å². The summed E-state index contributed by atoms with van der Waals surface area (Å²) in [6.45, 7) is 1.88. The van der Waals surface area contributed by atoms with Crippen molar-refractivity contribution in [1.82, 2.24) is 0 Å². The van der Waals surface area contributed by atoms with Crippen LogP contribution in [-0.2, 0) is 0 Å². The summed E-state index contributed by atoms with van der Waals surface area (Å²) in [6.07, 6.45) is 0. The van der Waals surface area contributed by atoms with E-state index in [9.17, 15) is 4.79 Å². The Hall–Kier alpha value is -2.40. The fraction of sp³-hybridized carbons (Fsp3) is 0.235. The molecule has 0 aromatic heterocycles. The number of aryl methyl sites for hydroxylation is 1. The summed E-state index contributed by atoms with van der Waals surface area (Å²) in [5.41, 5.74) is 1.87. The zero-order valence-electron chi connectivity index (χ0n) is 13.4. The lowest BCUT2D eigenvalue weighted by atomic mass is 10.1. The maximum absolute atomic E-state index is 12.4. The molecule has 5 nitrogen and oxygen atoms in total. The normalized spacial score (nSPS) is 10.1. The molecular formula is C17H18ClNO4. The smallest absolute Gasteiger partial charge is 0.255 e. The number of carbonyl (C=O) groups excluding carboxylic acids is 1. The van der Waals surface area contributed by atoms with Gasteiger partial charge < -0.3 is 19.5 Å². The van der Waals surface area contributed by atoms with E-state index in [-0.39, 0.29) is 5.91 Å². The molecule has 0 heterocycles. The summed E-state index contributed by atoms with van der Waals surface area (Å²) in [5, 5.41) is 3.21. The fourth-order valence-corrected chi connectivity index (χ4v) is 2.40. The lowest BCUT2D eigenvalue weighted by molar-refractivity contribution is 0.102. The lowest BCUT2D eigenvalue weighted by Crippen LogP contribution is -2.13. The predicted octanol–water partition coefficient (Wildman–Crippen LogP) is 3.93. The van der Waals surface area contributed by atoms with Crippen LogP contribution in [0.1, 0.15) is 15.9 Å². The third kappa shape index (κ3) is 3.68. The Balaban J connectivity index is 2.31. The molecule has 122 valence electrons. The molecule has 6 heteroatoms. The quantitative estimate of drug-likeness (QED) is 0.899. The van der Waals surface area contributed by atoms with E-state index in [2.05, 4.69) is 5.32 Å². The number of anilines is 1. The van der Waals surface area contributed by atoms with Crippen LogP contribution in [0.2, 0.25) is 5.02 Å². The lowest BCUT2D eigenvalue weighted by Gasteiger charge is -2.13. The topological polar surface area (TPSA) is 56.8 Å². The van der Waals surface area contributed by atoms with Crippen molar-refractivity contribution in [3.8, 4) is 17.2 Å². The zero-order chi connectivity index (χ0) is 17.0. The van der Waals surface area contributed by atoms with Gasteiger partial charge in [0.2, 0.25) is 0 Å². The van der Waals surface area contributed by atoms with E-state index in [1.165, 1.54) is 14.2 Å². The second-order valence-electron chi connectivity index (χ2n) is 4.83. The summed E-state index contributed by atoms with van der Waals surface area (Å²) < 4.78 is 15.6. The Morgan fingerprint density at radius 2 is 1.61 bits per heavy atom. The number of benzene rings is 2. The highest BCUT2D eigenvalue weighted by Gasteiger charge is 2.14. The highest BCUT2D eigenvalue weighted by molar-refractivity contribution is 6.32. The Morgan fingerprint density at radius 1 is 0.957 bits per heavy atom. The van der Waals surface area contributed by atoms with E-state index in [0.29, 0.717) is 27.8 Å². The first-order valence-electron chi connectivity index (χ1n) is 6.87. The number of amides is 1. The van der Waals surface area contributed by atoms with Gasteiger partial charge in [-0.1, -0.05) is 11.6 Å². The molecule has 23 heavy (non-hydrogen) atoms. The van der Waals surface area contributed by atoms with Crippen molar-refractivity contribution in [3.63, 3.8) is 0 Å². The monoisotopic (exact) mass is 335 g/mol. The first-order valence-corrected chi connectivity index (χ1v) is 7.25. The summed E-state index contributed by atoms with van der Waals surface area (Å²) in [4.78, 5) is 12.4. The van der Waals surface area contributed by atoms with Crippen molar-refractivity contribution >= 4 is 23.2 Å². The molecule has 0 radical (unpaired) electrons. The summed E-state index contributed by atoms with van der Waals surface area (Å²) in [6, 6.07) is 8.42. The van der Waals surface area contributed by atoms with E-state index in [1.54, 1.807) is 37.4 Å². The Morgan fingerprint density at radius 3 is 2.17 bits per heavy atom. The average molecular weight is 336 g/mol. The molecule has 0 unspecified atom stereocenters. The summed E-state index contributed by atoms with van der Waals surface area (Å²) in [5.74, 6) is 1.37. The van der Waals surface area contributed by atoms with Gasteiger partial charge in [0.1, 0.15) is 17.2 Å². The Kier molecular flexibility index (Phi) is 5.34. The number of rotatable bonds is 5. The van der Waals surface area contributed by atoms with Crippen molar-refractivity contribution in [2.24, 2.45) is 0 Å². The van der Waals surface area contributed by atoms with Gasteiger partial charge in [-0.3, -0.25) is 4.79 Å². The third-order valence-corrected chi connectivity index (χ3v) is 3.67. The molecule has 0 saturated carbocycles. The predicted molar refractivity (Wildman–Crippen MR) is 90.2 cm³/mol. The van der Waals surface area contributed by atoms with E-state index < -0.39 is 0 Å². The largest absolute Gasteiger partial charge is 0.496 e. The molecule has 0 atom stereocenters.